The van der Waals surface area contributed by atoms with E-state index in [1.54, 1.807) is 0 Å². The molecule has 0 aromatic carbocycles. The molecule has 0 bridgehead atoms. The highest BCUT2D eigenvalue weighted by Gasteiger charge is 2.11. The first kappa shape index (κ1) is 23.5. The van der Waals surface area contributed by atoms with Crippen molar-refractivity contribution in [3.8, 4) is 0 Å². The first-order chi connectivity index (χ1) is 14.1. The van der Waals surface area contributed by atoms with Gasteiger partial charge in [0.15, 0.2) is 0 Å². The fourth-order valence-corrected chi connectivity index (χ4v) is 3.40. The predicted molar refractivity (Wildman–Crippen MR) is 108 cm³/mol. The van der Waals surface area contributed by atoms with Crippen molar-refractivity contribution >= 4 is 11.8 Å². The van der Waals surface area contributed by atoms with Gasteiger partial charge in [-0.25, -0.2) is 13.8 Å². The van der Waals surface area contributed by atoms with Crippen molar-refractivity contribution in [3.63, 3.8) is 0 Å². The summed E-state index contributed by atoms with van der Waals surface area (Å²) in [6.45, 7) is 2.84. The molecule has 1 aromatic heterocycles. The number of hydrogen-bond acceptors (Lipinski definition) is 6. The van der Waals surface area contributed by atoms with Gasteiger partial charge in [0.05, 0.1) is 13.7 Å². The van der Waals surface area contributed by atoms with Crippen molar-refractivity contribution in [2.24, 2.45) is 0 Å². The second-order valence-corrected chi connectivity index (χ2v) is 7.29. The number of rotatable bonds is 14. The molecule has 2 heterocycles. The van der Waals surface area contributed by atoms with Crippen LogP contribution in [0.1, 0.15) is 43.4 Å². The monoisotopic (exact) mass is 413 g/mol. The Labute approximate surface area is 172 Å². The van der Waals surface area contributed by atoms with Crippen LogP contribution in [0.25, 0.3) is 0 Å². The number of carbonyl (C=O) groups is 1. The van der Waals surface area contributed by atoms with Crippen LogP contribution in [0.5, 0.6) is 0 Å². The van der Waals surface area contributed by atoms with Crippen LogP contribution in [0.2, 0.25) is 0 Å². The molecule has 0 unspecified atom stereocenters. The molecule has 1 N–H and O–H groups in total. The highest BCUT2D eigenvalue weighted by Crippen LogP contribution is 2.20. The maximum atomic E-state index is 12.2. The zero-order valence-corrected chi connectivity index (χ0v) is 17.3. The van der Waals surface area contributed by atoms with E-state index in [1.165, 1.54) is 12.7 Å². The first-order valence-corrected chi connectivity index (χ1v) is 10.5. The Balaban J connectivity index is 1.71. The molecule has 0 saturated heterocycles. The van der Waals surface area contributed by atoms with Gasteiger partial charge in [-0.3, -0.25) is 4.79 Å². The standard InChI is InChI=1S/C21H33F2N3O3/c1-28-20(27)8-5-13-26(14-15-29-16-19(22)23)12-3-2-7-18-10-9-17-6-4-11-24-21(17)25-18/h9-10,19H,2-8,11-16H2,1H3,(H,24,25). The smallest absolute Gasteiger partial charge is 0.305 e. The minimum absolute atomic E-state index is 0.231. The van der Waals surface area contributed by atoms with Gasteiger partial charge in [-0.05, 0) is 63.2 Å². The van der Waals surface area contributed by atoms with Crippen LogP contribution in [-0.4, -0.2) is 68.8 Å². The molecule has 1 aliphatic rings. The van der Waals surface area contributed by atoms with E-state index in [2.05, 4.69) is 27.1 Å². The Morgan fingerprint density at radius 1 is 1.24 bits per heavy atom. The molecule has 0 radical (unpaired) electrons. The van der Waals surface area contributed by atoms with Crippen LogP contribution in [0.15, 0.2) is 12.1 Å². The fourth-order valence-electron chi connectivity index (χ4n) is 3.40. The maximum Gasteiger partial charge on any atom is 0.305 e. The number of nitrogens with one attached hydrogen (secondary N) is 1. The number of carbonyl (C=O) groups excluding carboxylic acids is 1. The first-order valence-electron chi connectivity index (χ1n) is 10.5. The summed E-state index contributed by atoms with van der Waals surface area (Å²) in [5.41, 5.74) is 2.39. The minimum Gasteiger partial charge on any atom is -0.469 e. The Bertz CT molecular complexity index is 617. The molecule has 8 heteroatoms. The summed E-state index contributed by atoms with van der Waals surface area (Å²) in [4.78, 5) is 18.2. The number of halogens is 2. The number of aromatic nitrogens is 1. The third kappa shape index (κ3) is 9.49. The summed E-state index contributed by atoms with van der Waals surface area (Å²) in [6, 6.07) is 4.28. The Morgan fingerprint density at radius 3 is 2.86 bits per heavy atom. The number of ether oxygens (including phenoxy) is 2. The van der Waals surface area contributed by atoms with E-state index in [-0.39, 0.29) is 12.6 Å². The van der Waals surface area contributed by atoms with Crippen LogP contribution < -0.4 is 5.32 Å². The predicted octanol–water partition coefficient (Wildman–Crippen LogP) is 3.30. The van der Waals surface area contributed by atoms with Crippen molar-refractivity contribution < 1.29 is 23.0 Å². The van der Waals surface area contributed by atoms with E-state index in [0.717, 1.165) is 56.7 Å². The number of aryl methyl sites for hydroxylation is 2. The topological polar surface area (TPSA) is 63.7 Å². The van der Waals surface area contributed by atoms with Crippen molar-refractivity contribution in [1.82, 2.24) is 9.88 Å². The molecule has 0 amide bonds. The lowest BCUT2D eigenvalue weighted by Crippen LogP contribution is -2.30. The van der Waals surface area contributed by atoms with Crippen molar-refractivity contribution in [1.29, 1.82) is 0 Å². The molecule has 1 aromatic rings. The number of unbranched alkanes of at least 4 members (excludes halogenated alkanes) is 1. The molecule has 0 atom stereocenters. The number of hydrogen-bond donors (Lipinski definition) is 1. The van der Waals surface area contributed by atoms with Crippen LogP contribution in [-0.2, 0) is 27.1 Å². The molecule has 29 heavy (non-hydrogen) atoms. The lowest BCUT2D eigenvalue weighted by molar-refractivity contribution is -0.140. The summed E-state index contributed by atoms with van der Waals surface area (Å²) in [6.07, 6.45) is 3.71. The van der Waals surface area contributed by atoms with Crippen molar-refractivity contribution in [3.05, 3.63) is 23.4 Å². The number of fused-ring (bicyclic) bond motifs is 1. The van der Waals surface area contributed by atoms with Gasteiger partial charge in [0, 0.05) is 25.2 Å². The van der Waals surface area contributed by atoms with E-state index in [9.17, 15) is 13.6 Å². The molecule has 0 aliphatic carbocycles. The molecular formula is C21H33F2N3O3. The van der Waals surface area contributed by atoms with Gasteiger partial charge in [-0.15, -0.1) is 0 Å². The van der Waals surface area contributed by atoms with Gasteiger partial charge < -0.3 is 19.7 Å². The average Bonchev–Trinajstić information content (AvgIpc) is 2.73. The van der Waals surface area contributed by atoms with Crippen LogP contribution in [0.3, 0.4) is 0 Å². The quantitative estimate of drug-likeness (QED) is 0.373. The molecule has 6 nitrogen and oxygen atoms in total. The summed E-state index contributed by atoms with van der Waals surface area (Å²) in [7, 11) is 1.38. The van der Waals surface area contributed by atoms with E-state index in [1.807, 2.05) is 0 Å². The summed E-state index contributed by atoms with van der Waals surface area (Å²) in [5.74, 6) is 0.792. The molecule has 0 saturated carbocycles. The van der Waals surface area contributed by atoms with E-state index >= 15 is 0 Å². The number of pyridine rings is 1. The Morgan fingerprint density at radius 2 is 2.07 bits per heavy atom. The number of methoxy groups -OCH3 is 1. The third-order valence-corrected chi connectivity index (χ3v) is 4.99. The van der Waals surface area contributed by atoms with E-state index < -0.39 is 13.0 Å². The van der Waals surface area contributed by atoms with Gasteiger partial charge in [0.2, 0.25) is 0 Å². The zero-order chi connectivity index (χ0) is 20.9. The van der Waals surface area contributed by atoms with Crippen molar-refractivity contribution in [2.75, 3.05) is 51.8 Å². The third-order valence-electron chi connectivity index (χ3n) is 4.99. The number of alkyl halides is 2. The zero-order valence-electron chi connectivity index (χ0n) is 17.3. The second kappa shape index (κ2) is 13.4. The molecule has 0 fully saturated rings. The van der Waals surface area contributed by atoms with Crippen LogP contribution in [0.4, 0.5) is 14.6 Å². The van der Waals surface area contributed by atoms with Gasteiger partial charge in [0.25, 0.3) is 6.43 Å². The normalized spacial score (nSPS) is 13.4. The lowest BCUT2D eigenvalue weighted by atomic mass is 10.1. The largest absolute Gasteiger partial charge is 0.469 e. The molecule has 164 valence electrons. The van der Waals surface area contributed by atoms with E-state index in [4.69, 9.17) is 9.72 Å². The van der Waals surface area contributed by atoms with Crippen LogP contribution in [0, 0.1) is 0 Å². The number of anilines is 1. The highest BCUT2D eigenvalue weighted by molar-refractivity contribution is 5.69. The lowest BCUT2D eigenvalue weighted by Gasteiger charge is -2.22. The second-order valence-electron chi connectivity index (χ2n) is 7.29. The van der Waals surface area contributed by atoms with Crippen molar-refractivity contribution in [2.45, 2.75) is 51.4 Å². The van der Waals surface area contributed by atoms with Gasteiger partial charge in [-0.2, -0.15) is 0 Å². The minimum atomic E-state index is -2.44. The molecular weight excluding hydrogens is 380 g/mol. The molecule has 2 rings (SSSR count). The summed E-state index contributed by atoms with van der Waals surface area (Å²) >= 11 is 0. The molecule has 1 aliphatic heterocycles. The summed E-state index contributed by atoms with van der Waals surface area (Å²) < 4.78 is 34.1. The SMILES string of the molecule is COC(=O)CCCN(CCCCc1ccc2c(n1)NCCC2)CCOCC(F)F. The number of esters is 1. The van der Waals surface area contributed by atoms with E-state index in [0.29, 0.717) is 25.9 Å². The average molecular weight is 414 g/mol. The van der Waals surface area contributed by atoms with Gasteiger partial charge in [0.1, 0.15) is 12.4 Å². The van der Waals surface area contributed by atoms with Gasteiger partial charge >= 0.3 is 5.97 Å². The Kier molecular flexibility index (Phi) is 10.9. The van der Waals surface area contributed by atoms with Gasteiger partial charge in [-0.1, -0.05) is 6.07 Å². The Hall–Kier alpha value is -1.80. The highest BCUT2D eigenvalue weighted by atomic mass is 19.3. The maximum absolute atomic E-state index is 12.2. The fraction of sp³-hybridized carbons (Fsp3) is 0.714. The molecule has 0 spiro atoms. The number of nitrogens with zero attached hydrogens (tertiary/aromatic N) is 2. The van der Waals surface area contributed by atoms with Crippen LogP contribution >= 0.6 is 0 Å². The summed E-state index contributed by atoms with van der Waals surface area (Å²) in [5, 5.41) is 3.36.